The van der Waals surface area contributed by atoms with Gasteiger partial charge >= 0.3 is 75.1 Å². The summed E-state index contributed by atoms with van der Waals surface area (Å²) < 4.78 is 84.0. The summed E-state index contributed by atoms with van der Waals surface area (Å²) in [5.74, 6) is 0. The monoisotopic (exact) mass is 412 g/mol. The summed E-state index contributed by atoms with van der Waals surface area (Å²) in [5.41, 5.74) is 0. The summed E-state index contributed by atoms with van der Waals surface area (Å²) >= 11 is 0. The molecule has 6 nitrogen and oxygen atoms in total. The molecule has 0 N–H and O–H groups in total. The Morgan fingerprint density at radius 2 is 0.636 bits per heavy atom. The second-order valence-corrected chi connectivity index (χ2v) is 0.699. The minimum atomic E-state index is -6.00. The molecule has 124 valence electrons. The maximum Gasteiger partial charge on any atom is 0.210 e. The zero-order chi connectivity index (χ0) is 19.2. The molecule has 0 amide bonds. The molecule has 0 fully saturated rings. The Balaban J connectivity index is -0.00000000961. The van der Waals surface area contributed by atoms with Crippen LogP contribution in [0.3, 0.4) is 0 Å². The Kier molecular flexibility index (Phi) is 619. The standard InChI is InChI=1S/C3H3.6CO.BF4.2Co/c1-3-2;6*1-2;2-1(3,4)5;;/h1H,2H2;;;;;;;;;/q+1;;;;;;;-1;;. The van der Waals surface area contributed by atoms with Crippen molar-refractivity contribution in [2.45, 2.75) is 0 Å². The van der Waals surface area contributed by atoms with E-state index in [-0.39, 0.29) is 33.6 Å². The summed E-state index contributed by atoms with van der Waals surface area (Å²) in [4.78, 5) is 0. The molecule has 0 aliphatic rings. The summed E-state index contributed by atoms with van der Waals surface area (Å²) in [5, 5.41) is 0. The van der Waals surface area contributed by atoms with Gasteiger partial charge in [0, 0.05) is 40.5 Å². The molecule has 13 heteroatoms. The van der Waals surface area contributed by atoms with E-state index in [2.05, 4.69) is 53.7 Å². The molecule has 0 heterocycles. The van der Waals surface area contributed by atoms with Crippen LogP contribution in [0, 0.1) is 60.2 Å². The Labute approximate surface area is 146 Å². The van der Waals surface area contributed by atoms with Crippen molar-refractivity contribution >= 4 is 7.25 Å². The number of halogens is 4. The molecule has 0 unspecified atom stereocenters. The van der Waals surface area contributed by atoms with Gasteiger partial charge < -0.3 is 17.3 Å². The molecular formula is C9H3BCo2F4O6. The fraction of sp³-hybridized carbons (Fsp3) is 0. The molecule has 0 aromatic heterocycles. The smallest absolute Gasteiger partial charge is 0 e. The SMILES string of the molecule is F[B-](F)(F)F.[C-]#[O+].[C-]#[O+].[C-]#[O+].[C-]#[O+].[C-]#[O+].[C-]#[O+].[CH][C][CH2+].[Co].[Co]. The third kappa shape index (κ3) is 7870. The van der Waals surface area contributed by atoms with E-state index < -0.39 is 7.25 Å². The van der Waals surface area contributed by atoms with E-state index >= 15 is 0 Å². The van der Waals surface area contributed by atoms with Crippen LogP contribution in [0.4, 0.5) is 17.3 Å². The first kappa shape index (κ1) is 69.2. The fourth-order valence-corrected chi connectivity index (χ4v) is 0. The summed E-state index contributed by atoms with van der Waals surface area (Å²) in [6.07, 6.45) is 2.00. The Morgan fingerprint density at radius 3 is 0.636 bits per heavy atom. The van der Waals surface area contributed by atoms with E-state index in [9.17, 15) is 17.3 Å². The van der Waals surface area contributed by atoms with Crippen LogP contribution < -0.4 is 0 Å². The van der Waals surface area contributed by atoms with Gasteiger partial charge in [-0.1, -0.05) is 0 Å². The molecule has 0 saturated carbocycles. The van der Waals surface area contributed by atoms with Gasteiger partial charge in [0.2, 0.25) is 6.42 Å². The van der Waals surface area contributed by atoms with Gasteiger partial charge in [-0.2, -0.15) is 0 Å². The molecular weight excluding hydrogens is 409 g/mol. The van der Waals surface area contributed by atoms with Crippen molar-refractivity contribution in [3.8, 4) is 0 Å². The van der Waals surface area contributed by atoms with Crippen LogP contribution >= 0.6 is 0 Å². The van der Waals surface area contributed by atoms with E-state index in [0.717, 1.165) is 0 Å². The Hall–Kier alpha value is -0.892. The minimum Gasteiger partial charge on any atom is 0 e. The van der Waals surface area contributed by atoms with Gasteiger partial charge in [-0.25, -0.2) is 0 Å². The van der Waals surface area contributed by atoms with Crippen molar-refractivity contribution in [3.63, 3.8) is 0 Å². The van der Waals surface area contributed by atoms with Crippen molar-refractivity contribution in [2.24, 2.45) is 0 Å². The van der Waals surface area contributed by atoms with E-state index in [1.165, 1.54) is 0 Å². The predicted molar refractivity (Wildman–Crippen MR) is 46.7 cm³/mol. The van der Waals surface area contributed by atoms with Crippen molar-refractivity contribution in [1.29, 1.82) is 0 Å². The molecule has 0 aliphatic carbocycles. The predicted octanol–water partition coefficient (Wildman–Crippen LogP) is 1.68. The van der Waals surface area contributed by atoms with Gasteiger partial charge in [0.25, 0.3) is 0 Å². The van der Waals surface area contributed by atoms with Gasteiger partial charge in [-0.3, -0.25) is 0 Å². The maximum atomic E-state index is 9.75. The van der Waals surface area contributed by atoms with Gasteiger partial charge in [0.1, 0.15) is 0 Å². The Morgan fingerprint density at radius 1 is 0.636 bits per heavy atom. The molecule has 0 aromatic rings. The van der Waals surface area contributed by atoms with Crippen molar-refractivity contribution in [3.05, 3.63) is 60.2 Å². The van der Waals surface area contributed by atoms with E-state index in [4.69, 9.17) is 27.9 Å². The third-order valence-electron chi connectivity index (χ3n) is 0. The van der Waals surface area contributed by atoms with Crippen LogP contribution in [0.1, 0.15) is 0 Å². The second kappa shape index (κ2) is 197. The topological polar surface area (TPSA) is 119 Å². The minimum absolute atomic E-state index is 0. The largest absolute Gasteiger partial charge is 0.210 e. The zero-order valence-corrected chi connectivity index (χ0v) is 12.1. The fourth-order valence-electron chi connectivity index (χ4n) is 0. The third-order valence-corrected chi connectivity index (χ3v) is 0. The normalized spacial score (nSPS) is 4.05. The quantitative estimate of drug-likeness (QED) is 0.249. The second-order valence-electron chi connectivity index (χ2n) is 0.699. The average molecular weight is 412 g/mol. The summed E-state index contributed by atoms with van der Waals surface area (Å²) in [6, 6.07) is 0. The van der Waals surface area contributed by atoms with Crippen LogP contribution in [0.2, 0.25) is 0 Å². The summed E-state index contributed by atoms with van der Waals surface area (Å²) in [7, 11) is -6.00. The zero-order valence-electron chi connectivity index (χ0n) is 9.99. The van der Waals surface area contributed by atoms with Gasteiger partial charge in [0.05, 0.1) is 6.92 Å². The number of hydrogen-bond donors (Lipinski definition) is 0. The first-order valence-corrected chi connectivity index (χ1v) is 2.74. The van der Waals surface area contributed by atoms with Gasteiger partial charge in [-0.15, -0.1) is 0 Å². The van der Waals surface area contributed by atoms with E-state index in [0.29, 0.717) is 0 Å². The molecule has 0 aliphatic heterocycles. The molecule has 0 aromatic carbocycles. The summed E-state index contributed by atoms with van der Waals surface area (Å²) in [6.45, 7) is 34.5. The van der Waals surface area contributed by atoms with Crippen LogP contribution in [0.25, 0.3) is 0 Å². The van der Waals surface area contributed by atoms with Crippen molar-refractivity contribution < 1.29 is 78.7 Å². The molecule has 0 rings (SSSR count). The van der Waals surface area contributed by atoms with E-state index in [1.807, 2.05) is 6.42 Å². The van der Waals surface area contributed by atoms with Crippen molar-refractivity contribution in [1.82, 2.24) is 0 Å². The number of rotatable bonds is 0. The van der Waals surface area contributed by atoms with Gasteiger partial charge in [-0.05, 0) is 0 Å². The average Bonchev–Trinajstić information content (AvgIpc) is 2.50. The molecule has 0 saturated heterocycles. The van der Waals surface area contributed by atoms with Crippen LogP contribution in [-0.2, 0) is 61.5 Å². The first-order valence-electron chi connectivity index (χ1n) is 2.74. The molecule has 0 bridgehead atoms. The maximum absolute atomic E-state index is 9.75. The van der Waals surface area contributed by atoms with Crippen molar-refractivity contribution in [2.75, 3.05) is 0 Å². The van der Waals surface area contributed by atoms with Crippen LogP contribution in [0.15, 0.2) is 0 Å². The molecule has 0 spiro atoms. The van der Waals surface area contributed by atoms with E-state index in [1.54, 1.807) is 0 Å². The molecule has 22 heavy (non-hydrogen) atoms. The number of hydrogen-bond acceptors (Lipinski definition) is 0. The van der Waals surface area contributed by atoms with Crippen LogP contribution in [0.5, 0.6) is 0 Å². The molecule has 6 radical (unpaired) electrons. The Bertz CT molecular complexity index is 186. The van der Waals surface area contributed by atoms with Gasteiger partial charge in [0.15, 0.2) is 0 Å². The van der Waals surface area contributed by atoms with Crippen LogP contribution in [-0.4, -0.2) is 7.25 Å². The first-order chi connectivity index (χ1) is 9.41. The molecule has 0 atom stereocenters.